The van der Waals surface area contributed by atoms with Crippen molar-refractivity contribution in [2.75, 3.05) is 5.73 Å². The summed E-state index contributed by atoms with van der Waals surface area (Å²) in [6, 6.07) is 7.88. The molecule has 0 amide bonds. The Hall–Kier alpha value is -1.86. The predicted molar refractivity (Wildman–Crippen MR) is 80.3 cm³/mol. The lowest BCUT2D eigenvalue weighted by Gasteiger charge is -2.12. The van der Waals surface area contributed by atoms with Crippen LogP contribution in [0.5, 0.6) is 0 Å². The van der Waals surface area contributed by atoms with Crippen molar-refractivity contribution in [3.05, 3.63) is 41.1 Å². The van der Waals surface area contributed by atoms with Crippen molar-refractivity contribution < 1.29 is 8.42 Å². The van der Waals surface area contributed by atoms with E-state index in [-0.39, 0.29) is 16.8 Å². The van der Waals surface area contributed by atoms with Gasteiger partial charge in [0.05, 0.1) is 5.69 Å². The summed E-state index contributed by atoms with van der Waals surface area (Å²) in [5.74, 6) is 0.0398. The maximum absolute atomic E-state index is 12.5. The van der Waals surface area contributed by atoms with Crippen LogP contribution < -0.4 is 10.5 Å². The Bertz CT molecular complexity index is 770. The summed E-state index contributed by atoms with van der Waals surface area (Å²) in [5.41, 5.74) is 8.66. The smallest absolute Gasteiger partial charge is 0.246 e. The maximum Gasteiger partial charge on any atom is 0.246 e. The zero-order chi connectivity index (χ0) is 15.2. The number of hydrogen-bond donors (Lipinski definition) is 2. The second-order valence-electron chi connectivity index (χ2n) is 5.42. The van der Waals surface area contributed by atoms with Gasteiger partial charge in [-0.2, -0.15) is 5.10 Å². The molecular formula is C14H18N4O2S. The lowest BCUT2D eigenvalue weighted by atomic mass is 10.1. The Labute approximate surface area is 124 Å². The van der Waals surface area contributed by atoms with E-state index in [2.05, 4.69) is 9.82 Å². The van der Waals surface area contributed by atoms with Crippen molar-refractivity contribution in [3.8, 4) is 0 Å². The van der Waals surface area contributed by atoms with E-state index < -0.39 is 10.0 Å². The molecule has 0 spiro atoms. The molecule has 0 saturated heterocycles. The average Bonchev–Trinajstić information content (AvgIpc) is 2.89. The quantitative estimate of drug-likeness (QED) is 0.876. The highest BCUT2D eigenvalue weighted by atomic mass is 32.2. The van der Waals surface area contributed by atoms with Crippen LogP contribution in [0.3, 0.4) is 0 Å². The normalized spacial score (nSPS) is 15.3. The largest absolute Gasteiger partial charge is 0.381 e. The van der Waals surface area contributed by atoms with E-state index in [1.165, 1.54) is 15.8 Å². The van der Waals surface area contributed by atoms with E-state index in [0.29, 0.717) is 18.5 Å². The van der Waals surface area contributed by atoms with Gasteiger partial charge in [-0.05, 0) is 30.9 Å². The third kappa shape index (κ3) is 2.43. The molecule has 0 aliphatic heterocycles. The first-order valence-corrected chi connectivity index (χ1v) is 8.25. The van der Waals surface area contributed by atoms with E-state index >= 15 is 0 Å². The fourth-order valence-electron chi connectivity index (χ4n) is 2.87. The van der Waals surface area contributed by atoms with Crippen LogP contribution in [0.2, 0.25) is 0 Å². The molecule has 0 saturated carbocycles. The Morgan fingerprint density at radius 1 is 1.29 bits per heavy atom. The number of nitrogens with two attached hydrogens (primary N) is 1. The Morgan fingerprint density at radius 3 is 2.33 bits per heavy atom. The van der Waals surface area contributed by atoms with Gasteiger partial charge in [-0.1, -0.05) is 24.3 Å². The van der Waals surface area contributed by atoms with Crippen molar-refractivity contribution in [1.82, 2.24) is 14.5 Å². The van der Waals surface area contributed by atoms with E-state index in [9.17, 15) is 8.42 Å². The van der Waals surface area contributed by atoms with Crippen molar-refractivity contribution in [2.24, 2.45) is 7.05 Å². The zero-order valence-corrected chi connectivity index (χ0v) is 12.8. The molecular weight excluding hydrogens is 288 g/mol. The van der Waals surface area contributed by atoms with E-state index in [1.807, 2.05) is 24.3 Å². The fraction of sp³-hybridized carbons (Fsp3) is 0.357. The van der Waals surface area contributed by atoms with Crippen molar-refractivity contribution in [3.63, 3.8) is 0 Å². The number of benzene rings is 1. The molecule has 0 radical (unpaired) electrons. The summed E-state index contributed by atoms with van der Waals surface area (Å²) in [5, 5.41) is 3.97. The molecule has 0 bridgehead atoms. The summed E-state index contributed by atoms with van der Waals surface area (Å²) in [4.78, 5) is 0.0842. The van der Waals surface area contributed by atoms with Gasteiger partial charge >= 0.3 is 0 Å². The van der Waals surface area contributed by atoms with Crippen LogP contribution in [0.1, 0.15) is 16.8 Å². The minimum atomic E-state index is -3.66. The molecule has 0 atom stereocenters. The summed E-state index contributed by atoms with van der Waals surface area (Å²) >= 11 is 0. The first-order chi connectivity index (χ1) is 9.88. The Kier molecular flexibility index (Phi) is 3.26. The number of nitrogens with zero attached hydrogens (tertiary/aromatic N) is 2. The first kappa shape index (κ1) is 14.1. The molecule has 1 aliphatic rings. The molecule has 3 rings (SSSR count). The van der Waals surface area contributed by atoms with Crippen LogP contribution in [-0.4, -0.2) is 24.2 Å². The lowest BCUT2D eigenvalue weighted by Crippen LogP contribution is -2.35. The van der Waals surface area contributed by atoms with Crippen molar-refractivity contribution in [1.29, 1.82) is 0 Å². The Balaban J connectivity index is 1.86. The van der Waals surface area contributed by atoms with Crippen LogP contribution in [0.4, 0.5) is 5.82 Å². The molecule has 1 aromatic heterocycles. The number of anilines is 1. The number of sulfonamides is 1. The SMILES string of the molecule is Cc1c(S(=O)(=O)NC2Cc3ccccc3C2)c(N)nn1C. The standard InChI is InChI=1S/C14H18N4O2S/c1-9-13(14(15)16-18(9)2)21(19,20)17-12-7-10-5-3-4-6-11(10)8-12/h3-6,12,17H,7-8H2,1-2H3,(H2,15,16). The third-order valence-corrected chi connectivity index (χ3v) is 5.63. The van der Waals surface area contributed by atoms with E-state index in [0.717, 1.165) is 0 Å². The number of aromatic nitrogens is 2. The highest BCUT2D eigenvalue weighted by Gasteiger charge is 2.30. The van der Waals surface area contributed by atoms with Gasteiger partial charge in [0.1, 0.15) is 4.90 Å². The highest BCUT2D eigenvalue weighted by molar-refractivity contribution is 7.89. The van der Waals surface area contributed by atoms with E-state index in [4.69, 9.17) is 5.73 Å². The van der Waals surface area contributed by atoms with Crippen LogP contribution in [0.15, 0.2) is 29.2 Å². The van der Waals surface area contributed by atoms with Crippen LogP contribution >= 0.6 is 0 Å². The second-order valence-corrected chi connectivity index (χ2v) is 7.07. The molecule has 0 fully saturated rings. The van der Waals surface area contributed by atoms with E-state index in [1.54, 1.807) is 14.0 Å². The van der Waals surface area contributed by atoms with Gasteiger partial charge in [-0.25, -0.2) is 13.1 Å². The predicted octanol–water partition coefficient (Wildman–Crippen LogP) is 0.756. The fourth-order valence-corrected chi connectivity index (χ4v) is 4.43. The van der Waals surface area contributed by atoms with Crippen LogP contribution in [0.25, 0.3) is 0 Å². The minimum absolute atomic E-state index is 0.0398. The molecule has 2 aromatic rings. The zero-order valence-electron chi connectivity index (χ0n) is 12.0. The molecule has 112 valence electrons. The summed E-state index contributed by atoms with van der Waals surface area (Å²) in [7, 11) is -1.98. The summed E-state index contributed by atoms with van der Waals surface area (Å²) < 4.78 is 29.3. The van der Waals surface area contributed by atoms with Gasteiger partial charge in [0.2, 0.25) is 10.0 Å². The van der Waals surface area contributed by atoms with Gasteiger partial charge in [0.15, 0.2) is 5.82 Å². The monoisotopic (exact) mass is 306 g/mol. The molecule has 1 heterocycles. The van der Waals surface area contributed by atoms with Crippen LogP contribution in [0, 0.1) is 6.92 Å². The highest BCUT2D eigenvalue weighted by Crippen LogP contribution is 2.25. The molecule has 1 aliphatic carbocycles. The van der Waals surface area contributed by atoms with Gasteiger partial charge in [-0.15, -0.1) is 0 Å². The molecule has 21 heavy (non-hydrogen) atoms. The van der Waals surface area contributed by atoms with Crippen molar-refractivity contribution in [2.45, 2.75) is 30.7 Å². The summed E-state index contributed by atoms with van der Waals surface area (Å²) in [6.45, 7) is 1.70. The number of nitrogens with one attached hydrogen (secondary N) is 1. The molecule has 3 N–H and O–H groups in total. The summed E-state index contributed by atoms with van der Waals surface area (Å²) in [6.07, 6.45) is 1.41. The third-order valence-electron chi connectivity index (χ3n) is 3.95. The first-order valence-electron chi connectivity index (χ1n) is 6.76. The maximum atomic E-state index is 12.5. The molecule has 1 aromatic carbocycles. The number of nitrogen functional groups attached to an aromatic ring is 1. The molecule has 0 unspecified atom stereocenters. The number of rotatable bonds is 3. The van der Waals surface area contributed by atoms with Crippen LogP contribution in [-0.2, 0) is 29.9 Å². The molecule has 6 nitrogen and oxygen atoms in total. The lowest BCUT2D eigenvalue weighted by molar-refractivity contribution is 0.555. The molecule has 7 heteroatoms. The number of fused-ring (bicyclic) bond motifs is 1. The van der Waals surface area contributed by atoms with Gasteiger partial charge < -0.3 is 5.73 Å². The minimum Gasteiger partial charge on any atom is -0.381 e. The topological polar surface area (TPSA) is 90.0 Å². The number of aryl methyl sites for hydroxylation is 1. The van der Waals surface area contributed by atoms with Gasteiger partial charge in [-0.3, -0.25) is 4.68 Å². The number of hydrogen-bond acceptors (Lipinski definition) is 4. The van der Waals surface area contributed by atoms with Gasteiger partial charge in [0, 0.05) is 13.1 Å². The van der Waals surface area contributed by atoms with Gasteiger partial charge in [0.25, 0.3) is 0 Å². The van der Waals surface area contributed by atoms with Crippen molar-refractivity contribution >= 4 is 15.8 Å². The Morgan fingerprint density at radius 2 is 1.86 bits per heavy atom. The average molecular weight is 306 g/mol. The second kappa shape index (κ2) is 4.85.